The van der Waals surface area contributed by atoms with Crippen LogP contribution in [0.4, 0.5) is 0 Å². The molecule has 0 spiro atoms. The molecule has 3 N–H and O–H groups in total. The van der Waals surface area contributed by atoms with Crippen LogP contribution in [0.15, 0.2) is 30.3 Å². The maximum Gasteiger partial charge on any atom is 0.290 e. The molecule has 2 rings (SSSR count). The predicted molar refractivity (Wildman–Crippen MR) is 60.9 cm³/mol. The molecule has 0 radical (unpaired) electrons. The Bertz CT molecular complexity index is 296. The van der Waals surface area contributed by atoms with Crippen molar-refractivity contribution >= 4 is 6.47 Å². The molecule has 0 atom stereocenters. The van der Waals surface area contributed by atoms with E-state index in [1.807, 2.05) is 18.2 Å². The fourth-order valence-electron chi connectivity index (χ4n) is 1.53. The van der Waals surface area contributed by atoms with Crippen LogP contribution in [0.2, 0.25) is 0 Å². The van der Waals surface area contributed by atoms with Gasteiger partial charge in [-0.15, -0.1) is 0 Å². The van der Waals surface area contributed by atoms with Gasteiger partial charge < -0.3 is 15.6 Å². The first-order valence-corrected chi connectivity index (χ1v) is 5.25. The van der Waals surface area contributed by atoms with E-state index < -0.39 is 0 Å². The quantitative estimate of drug-likeness (QED) is 0.759. The Kier molecular flexibility index (Phi) is 5.53. The van der Waals surface area contributed by atoms with Crippen molar-refractivity contribution in [2.45, 2.75) is 31.6 Å². The molecular formula is C12H17NO3. The second kappa shape index (κ2) is 6.98. The topological polar surface area (TPSA) is 72.5 Å². The van der Waals surface area contributed by atoms with E-state index in [0.717, 1.165) is 19.4 Å². The molecule has 1 aliphatic rings. The summed E-state index contributed by atoms with van der Waals surface area (Å²) in [4.78, 5) is 8.36. The average molecular weight is 223 g/mol. The summed E-state index contributed by atoms with van der Waals surface area (Å²) in [5.41, 5.74) is 6.90. The molecule has 0 bridgehead atoms. The Hall–Kier alpha value is -1.39. The highest BCUT2D eigenvalue weighted by Gasteiger charge is 2.26. The van der Waals surface area contributed by atoms with Crippen LogP contribution in [0.5, 0.6) is 0 Å². The van der Waals surface area contributed by atoms with Gasteiger partial charge in [0, 0.05) is 6.04 Å². The second-order valence-electron chi connectivity index (χ2n) is 3.76. The largest absolute Gasteiger partial charge is 0.483 e. The number of carbonyl (C=O) groups is 1. The standard InChI is InChI=1S/C11H15NO.CH2O2/c12-10-6-11(7-10)13-8-9-4-2-1-3-5-9;2-1-3/h1-5,10-11H,6-8,12H2;1H,(H,2,3). The lowest BCUT2D eigenvalue weighted by Gasteiger charge is -2.32. The molecule has 1 aliphatic carbocycles. The molecule has 0 aliphatic heterocycles. The second-order valence-corrected chi connectivity index (χ2v) is 3.76. The number of ether oxygens (including phenoxy) is 1. The molecular weight excluding hydrogens is 206 g/mol. The fourth-order valence-corrected chi connectivity index (χ4v) is 1.53. The van der Waals surface area contributed by atoms with Gasteiger partial charge in [-0.05, 0) is 18.4 Å². The highest BCUT2D eigenvalue weighted by atomic mass is 16.5. The average Bonchev–Trinajstić information content (AvgIpc) is 2.25. The molecule has 4 heteroatoms. The van der Waals surface area contributed by atoms with Crippen LogP contribution in [0.3, 0.4) is 0 Å². The first-order chi connectivity index (χ1) is 7.76. The summed E-state index contributed by atoms with van der Waals surface area (Å²) >= 11 is 0. The van der Waals surface area contributed by atoms with Crippen molar-refractivity contribution < 1.29 is 14.6 Å². The predicted octanol–water partition coefficient (Wildman–Crippen LogP) is 1.39. The van der Waals surface area contributed by atoms with Crippen molar-refractivity contribution in [2.75, 3.05) is 0 Å². The van der Waals surface area contributed by atoms with E-state index in [4.69, 9.17) is 20.4 Å². The van der Waals surface area contributed by atoms with Gasteiger partial charge in [0.1, 0.15) is 0 Å². The molecule has 0 saturated heterocycles. The molecule has 1 fully saturated rings. The number of benzene rings is 1. The van der Waals surface area contributed by atoms with Gasteiger partial charge in [-0.25, -0.2) is 0 Å². The van der Waals surface area contributed by atoms with Gasteiger partial charge in [0.05, 0.1) is 12.7 Å². The lowest BCUT2D eigenvalue weighted by Crippen LogP contribution is -2.41. The Morgan fingerprint density at radius 2 is 1.94 bits per heavy atom. The molecule has 0 unspecified atom stereocenters. The van der Waals surface area contributed by atoms with Gasteiger partial charge in [0.15, 0.2) is 0 Å². The minimum Gasteiger partial charge on any atom is -0.483 e. The highest BCUT2D eigenvalue weighted by molar-refractivity contribution is 5.32. The number of hydrogen-bond donors (Lipinski definition) is 2. The van der Waals surface area contributed by atoms with Crippen molar-refractivity contribution in [3.63, 3.8) is 0 Å². The Morgan fingerprint density at radius 3 is 2.44 bits per heavy atom. The molecule has 1 aromatic carbocycles. The monoisotopic (exact) mass is 223 g/mol. The molecule has 0 amide bonds. The molecule has 0 aromatic heterocycles. The van der Waals surface area contributed by atoms with Crippen LogP contribution in [0.1, 0.15) is 18.4 Å². The van der Waals surface area contributed by atoms with E-state index in [0.29, 0.717) is 12.1 Å². The molecule has 16 heavy (non-hydrogen) atoms. The minimum atomic E-state index is -0.250. The van der Waals surface area contributed by atoms with Crippen molar-refractivity contribution in [3.8, 4) is 0 Å². The number of carboxylic acid groups (broad SMARTS) is 1. The Balaban J connectivity index is 0.000000386. The van der Waals surface area contributed by atoms with Crippen LogP contribution in [-0.4, -0.2) is 23.7 Å². The van der Waals surface area contributed by atoms with E-state index in [9.17, 15) is 0 Å². The zero-order valence-electron chi connectivity index (χ0n) is 9.08. The van der Waals surface area contributed by atoms with Gasteiger partial charge in [-0.1, -0.05) is 30.3 Å². The zero-order valence-corrected chi connectivity index (χ0v) is 9.08. The minimum absolute atomic E-state index is 0.250. The molecule has 1 saturated carbocycles. The van der Waals surface area contributed by atoms with Crippen LogP contribution in [-0.2, 0) is 16.1 Å². The summed E-state index contributed by atoms with van der Waals surface area (Å²) in [6, 6.07) is 10.6. The smallest absolute Gasteiger partial charge is 0.290 e. The maximum atomic E-state index is 8.36. The molecule has 88 valence electrons. The highest BCUT2D eigenvalue weighted by Crippen LogP contribution is 2.22. The van der Waals surface area contributed by atoms with E-state index >= 15 is 0 Å². The van der Waals surface area contributed by atoms with Gasteiger partial charge >= 0.3 is 0 Å². The number of nitrogens with two attached hydrogens (primary N) is 1. The van der Waals surface area contributed by atoms with Crippen LogP contribution >= 0.6 is 0 Å². The van der Waals surface area contributed by atoms with E-state index in [1.54, 1.807) is 0 Å². The van der Waals surface area contributed by atoms with Crippen LogP contribution in [0, 0.1) is 0 Å². The third-order valence-corrected chi connectivity index (χ3v) is 2.46. The normalized spacial score (nSPS) is 22.6. The van der Waals surface area contributed by atoms with Gasteiger partial charge in [0.25, 0.3) is 6.47 Å². The molecule has 0 heterocycles. The summed E-state index contributed by atoms with van der Waals surface area (Å²) in [5.74, 6) is 0. The zero-order chi connectivity index (χ0) is 11.8. The van der Waals surface area contributed by atoms with Crippen molar-refractivity contribution in [3.05, 3.63) is 35.9 Å². The van der Waals surface area contributed by atoms with Crippen LogP contribution in [0.25, 0.3) is 0 Å². The van der Waals surface area contributed by atoms with E-state index in [-0.39, 0.29) is 6.47 Å². The third-order valence-electron chi connectivity index (χ3n) is 2.46. The van der Waals surface area contributed by atoms with Crippen LogP contribution < -0.4 is 5.73 Å². The molecule has 1 aromatic rings. The maximum absolute atomic E-state index is 8.36. The Morgan fingerprint density at radius 1 is 1.38 bits per heavy atom. The first-order valence-electron chi connectivity index (χ1n) is 5.25. The summed E-state index contributed by atoms with van der Waals surface area (Å²) in [6.07, 6.45) is 2.44. The molecule has 4 nitrogen and oxygen atoms in total. The van der Waals surface area contributed by atoms with Crippen molar-refractivity contribution in [1.29, 1.82) is 0 Å². The SMILES string of the molecule is NC1CC(OCc2ccccc2)C1.O=CO. The van der Waals surface area contributed by atoms with Crippen molar-refractivity contribution in [2.24, 2.45) is 5.73 Å². The lowest BCUT2D eigenvalue weighted by atomic mass is 9.90. The fraction of sp³-hybridized carbons (Fsp3) is 0.417. The number of rotatable bonds is 3. The third kappa shape index (κ3) is 4.42. The number of hydrogen-bond acceptors (Lipinski definition) is 3. The summed E-state index contributed by atoms with van der Waals surface area (Å²) in [5, 5.41) is 6.89. The van der Waals surface area contributed by atoms with Crippen molar-refractivity contribution in [1.82, 2.24) is 0 Å². The van der Waals surface area contributed by atoms with E-state index in [2.05, 4.69) is 12.1 Å². The van der Waals surface area contributed by atoms with Gasteiger partial charge in [-0.3, -0.25) is 4.79 Å². The Labute approximate surface area is 95.0 Å². The van der Waals surface area contributed by atoms with E-state index in [1.165, 1.54) is 5.56 Å². The summed E-state index contributed by atoms with van der Waals surface area (Å²) in [7, 11) is 0. The lowest BCUT2D eigenvalue weighted by molar-refractivity contribution is -0.122. The first kappa shape index (κ1) is 12.7. The van der Waals surface area contributed by atoms with Gasteiger partial charge in [0.2, 0.25) is 0 Å². The van der Waals surface area contributed by atoms with Gasteiger partial charge in [-0.2, -0.15) is 0 Å². The summed E-state index contributed by atoms with van der Waals surface area (Å²) in [6.45, 7) is 0.470. The summed E-state index contributed by atoms with van der Waals surface area (Å²) < 4.78 is 5.65.